The third-order valence-electron chi connectivity index (χ3n) is 3.81. The fraction of sp³-hybridized carbons (Fsp3) is 0.929. The van der Waals surface area contributed by atoms with Crippen molar-refractivity contribution in [3.8, 4) is 0 Å². The Morgan fingerprint density at radius 3 is 2.79 bits per heavy atom. The van der Waals surface area contributed by atoms with Gasteiger partial charge in [0, 0.05) is 12.6 Å². The Balaban J connectivity index is 2.13. The highest BCUT2D eigenvalue weighted by Crippen LogP contribution is 2.35. The minimum Gasteiger partial charge on any atom is -0.444 e. The molecular formula is C14H26N2O3. The van der Waals surface area contributed by atoms with Crippen molar-refractivity contribution in [3.63, 3.8) is 0 Å². The van der Waals surface area contributed by atoms with Gasteiger partial charge >= 0.3 is 6.09 Å². The van der Waals surface area contributed by atoms with Gasteiger partial charge < -0.3 is 20.1 Å². The quantitative estimate of drug-likeness (QED) is 0.730. The maximum absolute atomic E-state index is 12.4. The number of amides is 1. The Morgan fingerprint density at radius 2 is 2.16 bits per heavy atom. The van der Waals surface area contributed by atoms with Crippen molar-refractivity contribution >= 4 is 6.09 Å². The van der Waals surface area contributed by atoms with Gasteiger partial charge in [-0.1, -0.05) is 0 Å². The number of hydrogen-bond donors (Lipinski definition) is 1. The fourth-order valence-electron chi connectivity index (χ4n) is 3.07. The summed E-state index contributed by atoms with van der Waals surface area (Å²) in [5.41, 5.74) is 5.31. The van der Waals surface area contributed by atoms with Gasteiger partial charge in [-0.05, 0) is 46.5 Å². The molecule has 0 aliphatic carbocycles. The number of rotatable bonds is 0. The van der Waals surface area contributed by atoms with Gasteiger partial charge in [0.25, 0.3) is 0 Å². The highest BCUT2D eigenvalue weighted by molar-refractivity contribution is 5.69. The number of carbonyl (C=O) groups is 1. The van der Waals surface area contributed by atoms with Crippen LogP contribution in [0.15, 0.2) is 0 Å². The molecule has 2 N–H and O–H groups in total. The molecule has 2 atom stereocenters. The Bertz CT molecular complexity index is 336. The molecule has 2 rings (SSSR count). The molecule has 0 saturated carbocycles. The summed E-state index contributed by atoms with van der Waals surface area (Å²) >= 11 is 0. The van der Waals surface area contributed by atoms with Gasteiger partial charge in [0.15, 0.2) is 0 Å². The molecule has 0 radical (unpaired) electrons. The summed E-state index contributed by atoms with van der Waals surface area (Å²) in [6, 6.07) is 0.0109. The van der Waals surface area contributed by atoms with E-state index in [2.05, 4.69) is 0 Å². The Labute approximate surface area is 115 Å². The monoisotopic (exact) mass is 270 g/mol. The summed E-state index contributed by atoms with van der Waals surface area (Å²) in [5, 5.41) is 0. The predicted octanol–water partition coefficient (Wildman–Crippen LogP) is 1.89. The first-order valence-corrected chi connectivity index (χ1v) is 7.16. The average molecular weight is 270 g/mol. The van der Waals surface area contributed by atoms with E-state index in [-0.39, 0.29) is 17.7 Å². The second-order valence-corrected chi connectivity index (χ2v) is 6.79. The van der Waals surface area contributed by atoms with E-state index in [0.29, 0.717) is 13.2 Å². The van der Waals surface area contributed by atoms with E-state index >= 15 is 0 Å². The van der Waals surface area contributed by atoms with E-state index in [9.17, 15) is 4.79 Å². The Morgan fingerprint density at radius 1 is 1.42 bits per heavy atom. The Hall–Kier alpha value is -0.810. The van der Waals surface area contributed by atoms with Crippen molar-refractivity contribution in [3.05, 3.63) is 0 Å². The third-order valence-corrected chi connectivity index (χ3v) is 3.81. The van der Waals surface area contributed by atoms with Crippen molar-refractivity contribution in [2.24, 2.45) is 5.73 Å². The minimum atomic E-state index is -0.465. The fourth-order valence-corrected chi connectivity index (χ4v) is 3.07. The average Bonchev–Trinajstić information content (AvgIpc) is 2.26. The van der Waals surface area contributed by atoms with Gasteiger partial charge in [-0.15, -0.1) is 0 Å². The maximum atomic E-state index is 12.4. The van der Waals surface area contributed by atoms with Crippen LogP contribution in [-0.4, -0.2) is 47.9 Å². The number of carbonyl (C=O) groups excluding carboxylic acids is 1. The first kappa shape index (κ1) is 14.6. The smallest absolute Gasteiger partial charge is 0.410 e. The molecule has 1 spiro atoms. The van der Waals surface area contributed by atoms with Crippen LogP contribution in [-0.2, 0) is 9.47 Å². The van der Waals surface area contributed by atoms with Gasteiger partial charge in [0.2, 0.25) is 0 Å². The molecule has 0 aromatic carbocycles. The Kier molecular flexibility index (Phi) is 4.06. The molecule has 2 unspecified atom stereocenters. The van der Waals surface area contributed by atoms with Crippen LogP contribution >= 0.6 is 0 Å². The maximum Gasteiger partial charge on any atom is 0.410 e. The molecule has 2 aliphatic heterocycles. The van der Waals surface area contributed by atoms with Crippen molar-refractivity contribution < 1.29 is 14.3 Å². The molecule has 0 aromatic heterocycles. The van der Waals surface area contributed by atoms with Crippen molar-refractivity contribution in [1.82, 2.24) is 4.90 Å². The number of piperidine rings is 1. The van der Waals surface area contributed by atoms with Crippen LogP contribution in [0.4, 0.5) is 4.79 Å². The lowest BCUT2D eigenvalue weighted by molar-refractivity contribution is -0.0802. The van der Waals surface area contributed by atoms with Crippen molar-refractivity contribution in [2.45, 2.75) is 63.6 Å². The molecule has 0 aromatic rings. The summed E-state index contributed by atoms with van der Waals surface area (Å²) < 4.78 is 11.1. The van der Waals surface area contributed by atoms with Gasteiger partial charge in [0.1, 0.15) is 5.60 Å². The molecule has 19 heavy (non-hydrogen) atoms. The van der Waals surface area contributed by atoms with Crippen LogP contribution in [0.2, 0.25) is 0 Å². The molecular weight excluding hydrogens is 244 g/mol. The van der Waals surface area contributed by atoms with Crippen LogP contribution in [0.5, 0.6) is 0 Å². The van der Waals surface area contributed by atoms with Crippen LogP contribution in [0.25, 0.3) is 0 Å². The van der Waals surface area contributed by atoms with E-state index in [1.165, 1.54) is 0 Å². The summed E-state index contributed by atoms with van der Waals surface area (Å²) in [7, 11) is 0. The van der Waals surface area contributed by atoms with E-state index in [1.54, 1.807) is 0 Å². The highest BCUT2D eigenvalue weighted by Gasteiger charge is 2.46. The number of likely N-dealkylation sites (tertiary alicyclic amines) is 1. The van der Waals surface area contributed by atoms with E-state index < -0.39 is 5.60 Å². The second kappa shape index (κ2) is 5.29. The zero-order valence-corrected chi connectivity index (χ0v) is 12.3. The zero-order valence-electron chi connectivity index (χ0n) is 12.3. The number of hydrogen-bond acceptors (Lipinski definition) is 4. The van der Waals surface area contributed by atoms with Crippen molar-refractivity contribution in [2.75, 3.05) is 19.8 Å². The second-order valence-electron chi connectivity index (χ2n) is 6.79. The molecule has 5 heteroatoms. The topological polar surface area (TPSA) is 64.8 Å². The summed E-state index contributed by atoms with van der Waals surface area (Å²) in [6.45, 7) is 7.59. The van der Waals surface area contributed by atoms with Gasteiger partial charge in [-0.3, -0.25) is 0 Å². The summed E-state index contributed by atoms with van der Waals surface area (Å²) in [4.78, 5) is 14.3. The zero-order chi connectivity index (χ0) is 14.1. The van der Waals surface area contributed by atoms with E-state index in [1.807, 2.05) is 25.7 Å². The normalized spacial score (nSPS) is 32.4. The minimum absolute atomic E-state index is 0.0109. The lowest BCUT2D eigenvalue weighted by Crippen LogP contribution is -2.62. The van der Waals surface area contributed by atoms with Crippen LogP contribution in [0, 0.1) is 0 Å². The molecule has 5 nitrogen and oxygen atoms in total. The highest BCUT2D eigenvalue weighted by atomic mass is 16.6. The summed E-state index contributed by atoms with van der Waals surface area (Å²) in [5.74, 6) is 0. The molecule has 2 saturated heterocycles. The lowest BCUT2D eigenvalue weighted by Gasteiger charge is -2.50. The van der Waals surface area contributed by atoms with E-state index in [4.69, 9.17) is 15.2 Å². The predicted molar refractivity (Wildman–Crippen MR) is 72.9 cm³/mol. The molecule has 0 bridgehead atoms. The largest absolute Gasteiger partial charge is 0.444 e. The first-order chi connectivity index (χ1) is 8.82. The molecule has 2 aliphatic rings. The van der Waals surface area contributed by atoms with Crippen LogP contribution < -0.4 is 5.73 Å². The molecule has 2 fully saturated rings. The van der Waals surface area contributed by atoms with E-state index in [0.717, 1.165) is 32.2 Å². The lowest BCUT2D eigenvalue weighted by atomic mass is 9.81. The molecule has 1 amide bonds. The van der Waals surface area contributed by atoms with Gasteiger partial charge in [-0.2, -0.15) is 0 Å². The SMILES string of the molecule is CC(C)(C)OC(=O)N1CCCCC12COCC(N)C2. The summed E-state index contributed by atoms with van der Waals surface area (Å²) in [6.07, 6.45) is 3.68. The first-order valence-electron chi connectivity index (χ1n) is 7.16. The number of ether oxygens (including phenoxy) is 2. The van der Waals surface area contributed by atoms with Crippen LogP contribution in [0.1, 0.15) is 46.5 Å². The number of nitrogens with two attached hydrogens (primary N) is 1. The van der Waals surface area contributed by atoms with Crippen LogP contribution in [0.3, 0.4) is 0 Å². The standard InChI is InChI=1S/C14H26N2O3/c1-13(2,3)19-12(17)16-7-5-4-6-14(16)8-11(15)9-18-10-14/h11H,4-10,15H2,1-3H3. The number of nitrogens with zero attached hydrogens (tertiary/aromatic N) is 1. The molecule has 2 heterocycles. The third kappa shape index (κ3) is 3.39. The molecule has 110 valence electrons. The van der Waals surface area contributed by atoms with Gasteiger partial charge in [0.05, 0.1) is 18.8 Å². The van der Waals surface area contributed by atoms with Gasteiger partial charge in [-0.25, -0.2) is 4.79 Å². The van der Waals surface area contributed by atoms with Crippen molar-refractivity contribution in [1.29, 1.82) is 0 Å².